The van der Waals surface area contributed by atoms with Crippen molar-refractivity contribution in [1.82, 2.24) is 4.90 Å². The molecule has 0 aromatic heterocycles. The molecular weight excluding hydrogens is 252 g/mol. The van der Waals surface area contributed by atoms with Crippen molar-refractivity contribution in [3.63, 3.8) is 0 Å². The number of methoxy groups -OCH3 is 1. The van der Waals surface area contributed by atoms with Gasteiger partial charge in [0, 0.05) is 5.69 Å². The molecule has 0 saturated carbocycles. The summed E-state index contributed by atoms with van der Waals surface area (Å²) in [5.41, 5.74) is 0.817. The third kappa shape index (κ3) is 3.97. The molecule has 2 rings (SSSR count). The van der Waals surface area contributed by atoms with E-state index in [1.807, 2.05) is 31.2 Å². The van der Waals surface area contributed by atoms with Gasteiger partial charge in [-0.15, -0.1) is 0 Å². The quantitative estimate of drug-likeness (QED) is 0.919. The van der Waals surface area contributed by atoms with Gasteiger partial charge in [-0.05, 0) is 57.1 Å². The summed E-state index contributed by atoms with van der Waals surface area (Å²) in [7, 11) is 1.63. The molecule has 1 heterocycles. The van der Waals surface area contributed by atoms with Gasteiger partial charge in [-0.3, -0.25) is 9.69 Å². The molecule has 1 atom stereocenters. The Bertz CT molecular complexity index is 423. The minimum atomic E-state index is -0.0739. The average molecular weight is 276 g/mol. The Morgan fingerprint density at radius 1 is 1.15 bits per heavy atom. The molecular formula is C16H24N2O2. The first-order valence-corrected chi connectivity index (χ1v) is 7.39. The molecule has 20 heavy (non-hydrogen) atoms. The first kappa shape index (κ1) is 14.9. The van der Waals surface area contributed by atoms with E-state index < -0.39 is 0 Å². The number of benzene rings is 1. The van der Waals surface area contributed by atoms with Crippen LogP contribution in [0.15, 0.2) is 24.3 Å². The summed E-state index contributed by atoms with van der Waals surface area (Å²) in [6, 6.07) is 7.37. The van der Waals surface area contributed by atoms with Crippen LogP contribution in [0.4, 0.5) is 5.69 Å². The van der Waals surface area contributed by atoms with Crippen LogP contribution in [0, 0.1) is 0 Å². The minimum Gasteiger partial charge on any atom is -0.497 e. The highest BCUT2D eigenvalue weighted by Gasteiger charge is 2.21. The Kier molecular flexibility index (Phi) is 5.41. The number of hydrogen-bond acceptors (Lipinski definition) is 3. The molecule has 110 valence electrons. The highest BCUT2D eigenvalue weighted by molar-refractivity contribution is 5.94. The molecule has 1 aliphatic heterocycles. The molecule has 4 nitrogen and oxygen atoms in total. The first-order valence-electron chi connectivity index (χ1n) is 7.39. The van der Waals surface area contributed by atoms with E-state index in [4.69, 9.17) is 4.74 Å². The third-order valence-electron chi connectivity index (χ3n) is 3.93. The molecule has 1 saturated heterocycles. The van der Waals surface area contributed by atoms with Gasteiger partial charge >= 0.3 is 0 Å². The number of anilines is 1. The number of likely N-dealkylation sites (tertiary alicyclic amines) is 1. The third-order valence-corrected chi connectivity index (χ3v) is 3.93. The van der Waals surface area contributed by atoms with Crippen LogP contribution in [0.2, 0.25) is 0 Å². The first-order chi connectivity index (χ1) is 9.70. The van der Waals surface area contributed by atoms with Gasteiger partial charge in [-0.1, -0.05) is 12.8 Å². The van der Waals surface area contributed by atoms with Crippen molar-refractivity contribution >= 4 is 11.6 Å². The fourth-order valence-corrected chi connectivity index (χ4v) is 2.57. The number of carbonyl (C=O) groups excluding carboxylic acids is 1. The Labute approximate surface area is 121 Å². The van der Waals surface area contributed by atoms with E-state index in [9.17, 15) is 4.79 Å². The van der Waals surface area contributed by atoms with Crippen molar-refractivity contribution in [1.29, 1.82) is 0 Å². The van der Waals surface area contributed by atoms with Gasteiger partial charge in [0.25, 0.3) is 0 Å². The normalized spacial score (nSPS) is 18.1. The zero-order valence-electron chi connectivity index (χ0n) is 12.4. The number of carbonyl (C=O) groups is 1. The smallest absolute Gasteiger partial charge is 0.241 e. The lowest BCUT2D eigenvalue weighted by atomic mass is 10.2. The Balaban J connectivity index is 1.92. The van der Waals surface area contributed by atoms with Crippen molar-refractivity contribution < 1.29 is 9.53 Å². The summed E-state index contributed by atoms with van der Waals surface area (Å²) < 4.78 is 5.11. The molecule has 1 N–H and O–H groups in total. The van der Waals surface area contributed by atoms with E-state index in [0.717, 1.165) is 24.5 Å². The molecule has 1 aliphatic rings. The van der Waals surface area contributed by atoms with Gasteiger partial charge in [0.15, 0.2) is 0 Å². The van der Waals surface area contributed by atoms with Crippen molar-refractivity contribution in [3.05, 3.63) is 24.3 Å². The van der Waals surface area contributed by atoms with Gasteiger partial charge in [0.05, 0.1) is 13.2 Å². The van der Waals surface area contributed by atoms with Gasteiger partial charge in [0.1, 0.15) is 5.75 Å². The number of nitrogens with one attached hydrogen (secondary N) is 1. The summed E-state index contributed by atoms with van der Waals surface area (Å²) in [6.45, 7) is 4.04. The molecule has 4 heteroatoms. The van der Waals surface area contributed by atoms with E-state index in [1.165, 1.54) is 25.7 Å². The Morgan fingerprint density at radius 3 is 2.30 bits per heavy atom. The maximum atomic E-state index is 12.3. The second kappa shape index (κ2) is 7.29. The highest BCUT2D eigenvalue weighted by atomic mass is 16.5. The maximum Gasteiger partial charge on any atom is 0.241 e. The number of hydrogen-bond donors (Lipinski definition) is 1. The predicted molar refractivity (Wildman–Crippen MR) is 81.1 cm³/mol. The zero-order chi connectivity index (χ0) is 14.4. The van der Waals surface area contributed by atoms with Gasteiger partial charge < -0.3 is 10.1 Å². The maximum absolute atomic E-state index is 12.3. The lowest BCUT2D eigenvalue weighted by Crippen LogP contribution is -2.42. The summed E-state index contributed by atoms with van der Waals surface area (Å²) in [4.78, 5) is 14.6. The van der Waals surface area contributed by atoms with Crippen LogP contribution in [0.5, 0.6) is 5.75 Å². The van der Waals surface area contributed by atoms with E-state index in [2.05, 4.69) is 10.2 Å². The minimum absolute atomic E-state index is 0.0667. The molecule has 1 amide bonds. The lowest BCUT2D eigenvalue weighted by molar-refractivity contribution is -0.120. The van der Waals surface area contributed by atoms with Gasteiger partial charge in [0.2, 0.25) is 5.91 Å². The van der Waals surface area contributed by atoms with Crippen molar-refractivity contribution in [2.75, 3.05) is 25.5 Å². The topological polar surface area (TPSA) is 41.6 Å². The van der Waals surface area contributed by atoms with Gasteiger partial charge in [-0.2, -0.15) is 0 Å². The lowest BCUT2D eigenvalue weighted by Gasteiger charge is -2.26. The molecule has 1 aromatic carbocycles. The summed E-state index contributed by atoms with van der Waals surface area (Å²) in [6.07, 6.45) is 4.95. The van der Waals surface area contributed by atoms with E-state index in [1.54, 1.807) is 7.11 Å². The largest absolute Gasteiger partial charge is 0.497 e. The van der Waals surface area contributed by atoms with Crippen molar-refractivity contribution in [3.8, 4) is 5.75 Å². The molecule has 1 aromatic rings. The number of nitrogens with zero attached hydrogens (tertiary/aromatic N) is 1. The monoisotopic (exact) mass is 276 g/mol. The fraction of sp³-hybridized carbons (Fsp3) is 0.562. The zero-order valence-corrected chi connectivity index (χ0v) is 12.4. The number of amides is 1. The van der Waals surface area contributed by atoms with Crippen LogP contribution in [0.25, 0.3) is 0 Å². The highest BCUT2D eigenvalue weighted by Crippen LogP contribution is 2.17. The Hall–Kier alpha value is -1.55. The molecule has 0 spiro atoms. The second-order valence-electron chi connectivity index (χ2n) is 5.34. The number of ether oxygens (including phenoxy) is 1. The summed E-state index contributed by atoms with van der Waals surface area (Å²) in [5, 5.41) is 2.97. The standard InChI is InChI=1S/C16H24N2O2/c1-13(18-11-5-3-4-6-12-18)16(19)17-14-7-9-15(20-2)10-8-14/h7-10,13H,3-6,11-12H2,1-2H3,(H,17,19)/t13-/m0/s1. The predicted octanol–water partition coefficient (Wildman–Crippen LogP) is 2.90. The van der Waals surface area contributed by atoms with E-state index >= 15 is 0 Å². The van der Waals surface area contributed by atoms with E-state index in [0.29, 0.717) is 0 Å². The molecule has 0 bridgehead atoms. The van der Waals surface area contributed by atoms with Crippen LogP contribution < -0.4 is 10.1 Å². The molecule has 0 unspecified atom stereocenters. The van der Waals surface area contributed by atoms with Gasteiger partial charge in [-0.25, -0.2) is 0 Å². The van der Waals surface area contributed by atoms with Crippen molar-refractivity contribution in [2.24, 2.45) is 0 Å². The summed E-state index contributed by atoms with van der Waals surface area (Å²) in [5.74, 6) is 0.862. The molecule has 0 aliphatic carbocycles. The molecule has 0 radical (unpaired) electrons. The van der Waals surface area contributed by atoms with Crippen LogP contribution in [-0.2, 0) is 4.79 Å². The van der Waals surface area contributed by atoms with Crippen molar-refractivity contribution in [2.45, 2.75) is 38.6 Å². The second-order valence-corrected chi connectivity index (χ2v) is 5.34. The van der Waals surface area contributed by atoms with Crippen LogP contribution in [0.1, 0.15) is 32.6 Å². The average Bonchev–Trinajstić information content (AvgIpc) is 2.76. The fourth-order valence-electron chi connectivity index (χ4n) is 2.57. The van der Waals surface area contributed by atoms with Crippen LogP contribution in [0.3, 0.4) is 0 Å². The Morgan fingerprint density at radius 2 is 1.75 bits per heavy atom. The SMILES string of the molecule is COc1ccc(NC(=O)[C@H](C)N2CCCCCC2)cc1. The molecule has 1 fully saturated rings. The van der Waals surface area contributed by atoms with Crippen LogP contribution in [-0.4, -0.2) is 37.0 Å². The van der Waals surface area contributed by atoms with E-state index in [-0.39, 0.29) is 11.9 Å². The number of rotatable bonds is 4. The summed E-state index contributed by atoms with van der Waals surface area (Å²) >= 11 is 0. The van der Waals surface area contributed by atoms with Crippen LogP contribution >= 0.6 is 0 Å².